The normalized spacial score (nSPS) is 12.8. The first-order valence-corrected chi connectivity index (χ1v) is 6.95. The molecule has 1 unspecified atom stereocenters. The van der Waals surface area contributed by atoms with Gasteiger partial charge in [-0.25, -0.2) is 9.89 Å². The van der Waals surface area contributed by atoms with E-state index < -0.39 is 0 Å². The molecule has 2 aromatic rings. The molecule has 0 amide bonds. The van der Waals surface area contributed by atoms with Crippen LogP contribution in [0.15, 0.2) is 34.5 Å². The highest BCUT2D eigenvalue weighted by Gasteiger charge is 2.18. The smallest absolute Gasteiger partial charge is 0.329 e. The van der Waals surface area contributed by atoms with E-state index in [2.05, 4.69) is 15.2 Å². The first kappa shape index (κ1) is 13.8. The van der Waals surface area contributed by atoms with E-state index in [1.54, 1.807) is 17.0 Å². The van der Waals surface area contributed by atoms with Crippen molar-refractivity contribution < 1.29 is 0 Å². The van der Waals surface area contributed by atoms with Crippen LogP contribution in [-0.4, -0.2) is 26.3 Å². The van der Waals surface area contributed by atoms with E-state index in [-0.39, 0.29) is 17.0 Å². The predicted molar refractivity (Wildman–Crippen MR) is 75.1 cm³/mol. The Morgan fingerprint density at radius 2 is 2.11 bits per heavy atom. The number of aromatic amines is 1. The van der Waals surface area contributed by atoms with Gasteiger partial charge in [-0.2, -0.15) is 0 Å². The molecule has 19 heavy (non-hydrogen) atoms. The number of H-pyrrole nitrogens is 1. The second-order valence-electron chi connectivity index (χ2n) is 4.40. The molecule has 6 nitrogen and oxygen atoms in total. The Labute approximate surface area is 115 Å². The number of hydrogen-bond acceptors (Lipinski definition) is 5. The summed E-state index contributed by atoms with van der Waals surface area (Å²) in [6, 6.07) is 3.91. The maximum atomic E-state index is 11.7. The van der Waals surface area contributed by atoms with Crippen LogP contribution in [0.5, 0.6) is 0 Å². The molecule has 0 spiro atoms. The largest absolute Gasteiger partial charge is 0.344 e. The summed E-state index contributed by atoms with van der Waals surface area (Å²) in [6.07, 6.45) is 3.47. The highest BCUT2D eigenvalue weighted by atomic mass is 32.2. The van der Waals surface area contributed by atoms with Crippen molar-refractivity contribution in [3.05, 3.63) is 40.6 Å². The summed E-state index contributed by atoms with van der Waals surface area (Å²) >= 11 is 1.49. The van der Waals surface area contributed by atoms with Crippen LogP contribution in [0.1, 0.15) is 30.7 Å². The van der Waals surface area contributed by atoms with Gasteiger partial charge >= 0.3 is 5.69 Å². The Hall–Kier alpha value is -1.60. The summed E-state index contributed by atoms with van der Waals surface area (Å²) in [4.78, 5) is 15.7. The summed E-state index contributed by atoms with van der Waals surface area (Å²) in [7, 11) is 0. The average molecular weight is 279 g/mol. The van der Waals surface area contributed by atoms with E-state index in [4.69, 9.17) is 5.73 Å². The number of hydrogen-bond donors (Lipinski definition) is 2. The van der Waals surface area contributed by atoms with Crippen LogP contribution < -0.4 is 11.4 Å². The number of nitrogens with one attached hydrogen (secondary N) is 1. The van der Waals surface area contributed by atoms with Gasteiger partial charge < -0.3 is 5.73 Å². The van der Waals surface area contributed by atoms with Crippen molar-refractivity contribution >= 4 is 11.8 Å². The van der Waals surface area contributed by atoms with Crippen LogP contribution in [-0.2, 0) is 0 Å². The van der Waals surface area contributed by atoms with Gasteiger partial charge in [0.25, 0.3) is 0 Å². The zero-order valence-electron chi connectivity index (χ0n) is 10.9. The number of thioether (sulfide) groups is 1. The quantitative estimate of drug-likeness (QED) is 0.806. The number of pyridine rings is 1. The molecular weight excluding hydrogens is 262 g/mol. The number of nitrogens with two attached hydrogens (primary N) is 1. The maximum Gasteiger partial charge on any atom is 0.344 e. The minimum atomic E-state index is -0.192. The Morgan fingerprint density at radius 3 is 2.68 bits per heavy atom. The third kappa shape index (κ3) is 3.05. The molecule has 0 bridgehead atoms. The molecule has 0 aliphatic heterocycles. The van der Waals surface area contributed by atoms with E-state index in [0.717, 1.165) is 5.56 Å². The number of nitrogens with zero attached hydrogens (tertiary/aromatic N) is 3. The first-order chi connectivity index (χ1) is 9.13. The summed E-state index contributed by atoms with van der Waals surface area (Å²) in [5, 5.41) is 7.26. The lowest BCUT2D eigenvalue weighted by Gasteiger charge is -2.15. The van der Waals surface area contributed by atoms with Crippen LogP contribution in [0, 0.1) is 0 Å². The molecule has 0 aromatic carbocycles. The van der Waals surface area contributed by atoms with Crippen molar-refractivity contribution in [2.75, 3.05) is 6.54 Å². The Balaban J connectivity index is 2.27. The lowest BCUT2D eigenvalue weighted by atomic mass is 10.2. The highest BCUT2D eigenvalue weighted by Crippen LogP contribution is 2.33. The first-order valence-electron chi connectivity index (χ1n) is 6.07. The summed E-state index contributed by atoms with van der Waals surface area (Å²) in [5.41, 5.74) is 6.70. The van der Waals surface area contributed by atoms with Gasteiger partial charge in [0.05, 0.1) is 0 Å². The molecule has 0 aliphatic carbocycles. The minimum Gasteiger partial charge on any atom is -0.329 e. The van der Waals surface area contributed by atoms with Gasteiger partial charge in [-0.15, -0.1) is 5.10 Å². The summed E-state index contributed by atoms with van der Waals surface area (Å²) in [6.45, 7) is 4.36. The van der Waals surface area contributed by atoms with E-state index in [9.17, 15) is 4.79 Å². The molecular formula is C12H17N5OS. The van der Waals surface area contributed by atoms with Gasteiger partial charge in [0.1, 0.15) is 0 Å². The second kappa shape index (κ2) is 6.03. The topological polar surface area (TPSA) is 89.6 Å². The second-order valence-corrected chi connectivity index (χ2v) is 5.57. The zero-order valence-corrected chi connectivity index (χ0v) is 11.7. The molecule has 2 aromatic heterocycles. The van der Waals surface area contributed by atoms with Gasteiger partial charge in [0.2, 0.25) is 0 Å². The molecule has 7 heteroatoms. The van der Waals surface area contributed by atoms with Crippen molar-refractivity contribution in [2.45, 2.75) is 30.3 Å². The summed E-state index contributed by atoms with van der Waals surface area (Å²) in [5.74, 6) is 0. The standard InChI is InChI=1S/C12H17N5OS/c1-8(2)17-11(18)15-16-12(17)19-10(7-13)9-3-5-14-6-4-9/h3-6,8,10H,7,13H2,1-2H3,(H,15,18). The van der Waals surface area contributed by atoms with Gasteiger partial charge in [0, 0.05) is 30.2 Å². The maximum absolute atomic E-state index is 11.7. The van der Waals surface area contributed by atoms with Crippen molar-refractivity contribution in [2.24, 2.45) is 5.73 Å². The van der Waals surface area contributed by atoms with Crippen molar-refractivity contribution in [1.82, 2.24) is 19.7 Å². The Bertz CT molecular complexity index is 577. The van der Waals surface area contributed by atoms with Gasteiger partial charge in [0.15, 0.2) is 5.16 Å². The molecule has 0 saturated carbocycles. The Kier molecular flexibility index (Phi) is 4.39. The fraction of sp³-hybridized carbons (Fsp3) is 0.417. The van der Waals surface area contributed by atoms with Gasteiger partial charge in [-0.3, -0.25) is 9.55 Å². The van der Waals surface area contributed by atoms with Gasteiger partial charge in [-0.05, 0) is 31.5 Å². The molecule has 0 saturated heterocycles. The van der Waals surface area contributed by atoms with E-state index in [1.807, 2.05) is 26.0 Å². The van der Waals surface area contributed by atoms with E-state index in [1.165, 1.54) is 11.8 Å². The van der Waals surface area contributed by atoms with E-state index in [0.29, 0.717) is 11.7 Å². The SMILES string of the molecule is CC(C)n1c(SC(CN)c2ccncc2)n[nH]c1=O. The molecule has 3 N–H and O–H groups in total. The highest BCUT2D eigenvalue weighted by molar-refractivity contribution is 7.99. The van der Waals surface area contributed by atoms with Crippen molar-refractivity contribution in [1.29, 1.82) is 0 Å². The molecule has 0 fully saturated rings. The monoisotopic (exact) mass is 279 g/mol. The fourth-order valence-electron chi connectivity index (χ4n) is 1.79. The predicted octanol–water partition coefficient (Wildman–Crippen LogP) is 1.34. The molecule has 0 aliphatic rings. The van der Waals surface area contributed by atoms with Crippen LogP contribution in [0.4, 0.5) is 0 Å². The lowest BCUT2D eigenvalue weighted by molar-refractivity contribution is 0.533. The summed E-state index contributed by atoms with van der Waals surface area (Å²) < 4.78 is 1.63. The van der Waals surface area contributed by atoms with Crippen LogP contribution >= 0.6 is 11.8 Å². The molecule has 1 atom stereocenters. The molecule has 102 valence electrons. The number of aromatic nitrogens is 4. The van der Waals surface area contributed by atoms with Crippen LogP contribution in [0.2, 0.25) is 0 Å². The van der Waals surface area contributed by atoms with Gasteiger partial charge in [-0.1, -0.05) is 11.8 Å². The van der Waals surface area contributed by atoms with Crippen molar-refractivity contribution in [3.8, 4) is 0 Å². The fourth-order valence-corrected chi connectivity index (χ4v) is 2.94. The molecule has 2 rings (SSSR count). The zero-order chi connectivity index (χ0) is 13.8. The third-order valence-electron chi connectivity index (χ3n) is 2.73. The van der Waals surface area contributed by atoms with Crippen molar-refractivity contribution in [3.63, 3.8) is 0 Å². The minimum absolute atomic E-state index is 0.0516. The van der Waals surface area contributed by atoms with Crippen LogP contribution in [0.3, 0.4) is 0 Å². The van der Waals surface area contributed by atoms with E-state index >= 15 is 0 Å². The number of rotatable bonds is 5. The Morgan fingerprint density at radius 1 is 1.42 bits per heavy atom. The molecule has 2 heterocycles. The average Bonchev–Trinajstić information content (AvgIpc) is 2.78. The lowest BCUT2D eigenvalue weighted by Crippen LogP contribution is -2.20. The molecule has 0 radical (unpaired) electrons. The third-order valence-corrected chi connectivity index (χ3v) is 3.98. The van der Waals surface area contributed by atoms with Crippen LogP contribution in [0.25, 0.3) is 0 Å².